The Labute approximate surface area is 145 Å². The number of pyridine rings is 1. The maximum atomic E-state index is 12.0. The van der Waals surface area contributed by atoms with Crippen LogP contribution in [0.4, 0.5) is 5.82 Å². The Bertz CT molecular complexity index is 845. The first kappa shape index (κ1) is 18.1. The summed E-state index contributed by atoms with van der Waals surface area (Å²) in [5, 5.41) is 3.07. The van der Waals surface area contributed by atoms with Gasteiger partial charge in [0.05, 0.1) is 9.92 Å². The summed E-state index contributed by atoms with van der Waals surface area (Å²) in [6.45, 7) is 0. The van der Waals surface area contributed by atoms with Gasteiger partial charge < -0.3 is 5.32 Å². The number of aromatic nitrogens is 1. The Hall–Kier alpha value is -2.22. The second kappa shape index (κ2) is 7.57. The summed E-state index contributed by atoms with van der Waals surface area (Å²) in [5.41, 5.74) is 0.701. The number of carbonyl (C=O) groups is 1. The molecule has 2 aromatic rings. The average Bonchev–Trinajstić information content (AvgIpc) is 2.55. The molecule has 126 valence electrons. The summed E-state index contributed by atoms with van der Waals surface area (Å²) in [4.78, 5) is 16.0. The summed E-state index contributed by atoms with van der Waals surface area (Å²) in [7, 11) is -0.517. The van der Waals surface area contributed by atoms with Gasteiger partial charge in [-0.2, -0.15) is 0 Å². The number of amides is 1. The Kier molecular flexibility index (Phi) is 5.71. The number of halogens is 1. The molecule has 1 heterocycles. The number of hydrogen-bond acceptors (Lipinski definition) is 4. The molecule has 0 atom stereocenters. The molecule has 0 aliphatic rings. The zero-order valence-electron chi connectivity index (χ0n) is 13.1. The Morgan fingerprint density at radius 2 is 1.83 bits per heavy atom. The van der Waals surface area contributed by atoms with Crippen LogP contribution in [-0.4, -0.2) is 37.7 Å². The van der Waals surface area contributed by atoms with Gasteiger partial charge in [0.2, 0.25) is 15.9 Å². The van der Waals surface area contributed by atoms with Gasteiger partial charge in [-0.3, -0.25) is 4.79 Å². The monoisotopic (exact) mass is 365 g/mol. The van der Waals surface area contributed by atoms with Crippen molar-refractivity contribution in [1.82, 2.24) is 9.29 Å². The zero-order chi connectivity index (χ0) is 17.7. The molecule has 0 unspecified atom stereocenters. The van der Waals surface area contributed by atoms with Crippen molar-refractivity contribution in [2.24, 2.45) is 0 Å². The molecule has 0 saturated carbocycles. The minimum atomic E-state index is -3.46. The van der Waals surface area contributed by atoms with Gasteiger partial charge in [-0.05, 0) is 35.9 Å². The SMILES string of the molecule is CN(C)S(=O)(=O)c1ccc(/C=C/C(=O)Nc2ccc(Cl)cn2)cc1. The molecule has 1 amide bonds. The van der Waals surface area contributed by atoms with Crippen LogP contribution in [-0.2, 0) is 14.8 Å². The summed E-state index contributed by atoms with van der Waals surface area (Å²) in [6, 6.07) is 9.45. The molecular weight excluding hydrogens is 350 g/mol. The van der Waals surface area contributed by atoms with Gasteiger partial charge in [0.25, 0.3) is 0 Å². The van der Waals surface area contributed by atoms with Crippen molar-refractivity contribution in [1.29, 1.82) is 0 Å². The molecule has 1 aromatic heterocycles. The lowest BCUT2D eigenvalue weighted by Crippen LogP contribution is -2.22. The van der Waals surface area contributed by atoms with E-state index in [1.54, 1.807) is 30.3 Å². The highest BCUT2D eigenvalue weighted by Gasteiger charge is 2.16. The highest BCUT2D eigenvalue weighted by Crippen LogP contribution is 2.15. The van der Waals surface area contributed by atoms with Crippen LogP contribution in [0.3, 0.4) is 0 Å². The highest BCUT2D eigenvalue weighted by molar-refractivity contribution is 7.89. The van der Waals surface area contributed by atoms with Gasteiger partial charge in [-0.1, -0.05) is 23.7 Å². The Morgan fingerprint density at radius 1 is 1.17 bits per heavy atom. The predicted octanol–water partition coefficient (Wildman–Crippen LogP) is 2.64. The lowest BCUT2D eigenvalue weighted by Gasteiger charge is -2.11. The first-order valence-electron chi connectivity index (χ1n) is 6.92. The molecule has 8 heteroatoms. The van der Waals surface area contributed by atoms with Crippen molar-refractivity contribution in [3.8, 4) is 0 Å². The average molecular weight is 366 g/mol. The zero-order valence-corrected chi connectivity index (χ0v) is 14.7. The third kappa shape index (κ3) is 4.64. The number of rotatable bonds is 5. The van der Waals surface area contributed by atoms with Crippen molar-refractivity contribution in [2.75, 3.05) is 19.4 Å². The van der Waals surface area contributed by atoms with Gasteiger partial charge in [-0.25, -0.2) is 17.7 Å². The van der Waals surface area contributed by atoms with E-state index >= 15 is 0 Å². The standard InChI is InChI=1S/C16H16ClN3O3S/c1-20(2)24(22,23)14-7-3-12(4-8-14)5-10-16(21)19-15-9-6-13(17)11-18-15/h3-11H,1-2H3,(H,18,19,21)/b10-5+. The molecule has 0 aliphatic carbocycles. The number of sulfonamides is 1. The van der Waals surface area contributed by atoms with Gasteiger partial charge in [0.1, 0.15) is 5.82 Å². The fraction of sp³-hybridized carbons (Fsp3) is 0.125. The predicted molar refractivity (Wildman–Crippen MR) is 94.2 cm³/mol. The van der Waals surface area contributed by atoms with E-state index in [4.69, 9.17) is 11.6 Å². The first-order chi connectivity index (χ1) is 11.3. The maximum absolute atomic E-state index is 12.0. The lowest BCUT2D eigenvalue weighted by molar-refractivity contribution is -0.111. The van der Waals surface area contributed by atoms with Crippen LogP contribution in [0, 0.1) is 0 Å². The quantitative estimate of drug-likeness (QED) is 0.826. The molecule has 0 radical (unpaired) electrons. The summed E-state index contributed by atoms with van der Waals surface area (Å²) in [6.07, 6.45) is 4.36. The van der Waals surface area contributed by atoms with Crippen LogP contribution in [0.2, 0.25) is 5.02 Å². The van der Waals surface area contributed by atoms with Crippen molar-refractivity contribution in [3.63, 3.8) is 0 Å². The van der Waals surface area contributed by atoms with Gasteiger partial charge in [0.15, 0.2) is 0 Å². The van der Waals surface area contributed by atoms with Crippen LogP contribution in [0.25, 0.3) is 6.08 Å². The smallest absolute Gasteiger partial charge is 0.249 e. The minimum Gasteiger partial charge on any atom is -0.307 e. The second-order valence-electron chi connectivity index (χ2n) is 5.04. The van der Waals surface area contributed by atoms with Crippen molar-refractivity contribution in [2.45, 2.75) is 4.90 Å². The van der Waals surface area contributed by atoms with E-state index in [1.165, 1.54) is 38.5 Å². The third-order valence-electron chi connectivity index (χ3n) is 3.06. The largest absolute Gasteiger partial charge is 0.307 e. The van der Waals surface area contributed by atoms with Crippen LogP contribution >= 0.6 is 11.6 Å². The van der Waals surface area contributed by atoms with E-state index in [0.29, 0.717) is 16.4 Å². The van der Waals surface area contributed by atoms with E-state index < -0.39 is 10.0 Å². The van der Waals surface area contributed by atoms with Crippen LogP contribution in [0.15, 0.2) is 53.6 Å². The third-order valence-corrected chi connectivity index (χ3v) is 5.12. The molecule has 0 bridgehead atoms. The number of benzene rings is 1. The number of nitrogens with zero attached hydrogens (tertiary/aromatic N) is 2. The van der Waals surface area contributed by atoms with Crippen LogP contribution < -0.4 is 5.32 Å². The molecular formula is C16H16ClN3O3S. The lowest BCUT2D eigenvalue weighted by atomic mass is 10.2. The Balaban J connectivity index is 2.04. The normalized spacial score (nSPS) is 11.8. The highest BCUT2D eigenvalue weighted by atomic mass is 35.5. The number of hydrogen-bond donors (Lipinski definition) is 1. The Morgan fingerprint density at radius 3 is 2.38 bits per heavy atom. The summed E-state index contributed by atoms with van der Waals surface area (Å²) >= 11 is 5.72. The van der Waals surface area contributed by atoms with Gasteiger partial charge in [-0.15, -0.1) is 0 Å². The summed E-state index contributed by atoms with van der Waals surface area (Å²) < 4.78 is 25.1. The molecule has 2 rings (SSSR count). The van der Waals surface area contributed by atoms with E-state index in [2.05, 4.69) is 10.3 Å². The number of carbonyl (C=O) groups excluding carboxylic acids is 1. The van der Waals surface area contributed by atoms with Crippen molar-refractivity contribution < 1.29 is 13.2 Å². The molecule has 24 heavy (non-hydrogen) atoms. The van der Waals surface area contributed by atoms with Gasteiger partial charge >= 0.3 is 0 Å². The van der Waals surface area contributed by atoms with Crippen molar-refractivity contribution >= 4 is 39.4 Å². The molecule has 1 aromatic carbocycles. The summed E-state index contributed by atoms with van der Waals surface area (Å²) in [5.74, 6) is 0.0382. The molecule has 1 N–H and O–H groups in total. The van der Waals surface area contributed by atoms with Crippen molar-refractivity contribution in [3.05, 3.63) is 59.3 Å². The molecule has 6 nitrogen and oxygen atoms in total. The maximum Gasteiger partial charge on any atom is 0.249 e. The van der Waals surface area contributed by atoms with Crippen LogP contribution in [0.5, 0.6) is 0 Å². The topological polar surface area (TPSA) is 79.4 Å². The number of nitrogens with one attached hydrogen (secondary N) is 1. The fourth-order valence-electron chi connectivity index (χ4n) is 1.75. The molecule has 0 aliphatic heterocycles. The van der Waals surface area contributed by atoms with Gasteiger partial charge in [0, 0.05) is 26.4 Å². The fourth-order valence-corrected chi connectivity index (χ4v) is 2.76. The second-order valence-corrected chi connectivity index (χ2v) is 7.63. The van der Waals surface area contributed by atoms with Crippen LogP contribution in [0.1, 0.15) is 5.56 Å². The molecule has 0 saturated heterocycles. The molecule has 0 fully saturated rings. The number of anilines is 1. The molecule has 0 spiro atoms. The van der Waals surface area contributed by atoms with E-state index in [-0.39, 0.29) is 10.8 Å². The van der Waals surface area contributed by atoms with E-state index in [9.17, 15) is 13.2 Å². The minimum absolute atomic E-state index is 0.194. The first-order valence-corrected chi connectivity index (χ1v) is 8.74. The van der Waals surface area contributed by atoms with E-state index in [0.717, 1.165) is 4.31 Å². The van der Waals surface area contributed by atoms with E-state index in [1.807, 2.05) is 0 Å².